The average Bonchev–Trinajstić information content (AvgIpc) is 2.01. The van der Waals surface area contributed by atoms with Gasteiger partial charge in [-0.15, -0.1) is 0 Å². The zero-order valence-electron chi connectivity index (χ0n) is 8.63. The van der Waals surface area contributed by atoms with Gasteiger partial charge in [0, 0.05) is 6.08 Å². The maximum atomic E-state index is 10.4. The van der Waals surface area contributed by atoms with E-state index < -0.39 is 5.97 Å². The molecule has 2 nitrogen and oxygen atoms in total. The van der Waals surface area contributed by atoms with Crippen LogP contribution in [0.1, 0.15) is 40.0 Å². The molecule has 0 aliphatic rings. The predicted molar refractivity (Wildman–Crippen MR) is 54.7 cm³/mol. The molecule has 0 aromatic carbocycles. The van der Waals surface area contributed by atoms with Crippen LogP contribution in [0.25, 0.3) is 0 Å². The second-order valence-corrected chi connectivity index (χ2v) is 3.31. The van der Waals surface area contributed by atoms with Crippen LogP contribution in [0.3, 0.4) is 0 Å². The molecule has 0 aliphatic heterocycles. The van der Waals surface area contributed by atoms with Crippen molar-refractivity contribution in [3.63, 3.8) is 0 Å². The Balaban J connectivity index is 4.00. The molecular weight excluding hydrogens is 164 g/mol. The van der Waals surface area contributed by atoms with Crippen LogP contribution in [0.5, 0.6) is 0 Å². The highest BCUT2D eigenvalue weighted by Gasteiger charge is 1.96. The molecule has 0 rings (SSSR count). The van der Waals surface area contributed by atoms with Crippen molar-refractivity contribution in [2.75, 3.05) is 0 Å². The van der Waals surface area contributed by atoms with Crippen LogP contribution >= 0.6 is 0 Å². The highest BCUT2D eigenvalue weighted by molar-refractivity contribution is 5.80. The average molecular weight is 182 g/mol. The van der Waals surface area contributed by atoms with Gasteiger partial charge >= 0.3 is 5.97 Å². The number of aliphatic carboxylic acids is 1. The molecule has 0 aromatic heterocycles. The predicted octanol–water partition coefficient (Wildman–Crippen LogP) is 3.15. The summed E-state index contributed by atoms with van der Waals surface area (Å²) in [6.45, 7) is 6.08. The second kappa shape index (κ2) is 6.46. The molecule has 74 valence electrons. The maximum Gasteiger partial charge on any atom is 0.328 e. The van der Waals surface area contributed by atoms with Crippen LogP contribution in [0.4, 0.5) is 0 Å². The van der Waals surface area contributed by atoms with E-state index in [1.54, 1.807) is 0 Å². The van der Waals surface area contributed by atoms with Gasteiger partial charge in [-0.3, -0.25) is 0 Å². The number of allylic oxidation sites excluding steroid dienone is 3. The fourth-order valence-electron chi connectivity index (χ4n) is 1.07. The minimum Gasteiger partial charge on any atom is -0.478 e. The largest absolute Gasteiger partial charge is 0.478 e. The number of hydrogen-bond acceptors (Lipinski definition) is 1. The van der Waals surface area contributed by atoms with E-state index in [1.807, 2.05) is 20.8 Å². The van der Waals surface area contributed by atoms with E-state index in [0.717, 1.165) is 24.8 Å². The number of carbonyl (C=O) groups is 1. The normalized spacial score (nSPS) is 11.2. The molecule has 0 atom stereocenters. The Labute approximate surface area is 80.0 Å². The lowest BCUT2D eigenvalue weighted by molar-refractivity contribution is -0.131. The fourth-order valence-corrected chi connectivity index (χ4v) is 1.07. The molecule has 1 N–H and O–H groups in total. The van der Waals surface area contributed by atoms with Crippen LogP contribution in [0.15, 0.2) is 23.3 Å². The van der Waals surface area contributed by atoms with Gasteiger partial charge in [0.15, 0.2) is 0 Å². The lowest BCUT2D eigenvalue weighted by Crippen LogP contribution is -1.91. The molecule has 0 spiro atoms. The molecule has 0 aliphatic carbocycles. The summed E-state index contributed by atoms with van der Waals surface area (Å²) in [5, 5.41) is 8.53. The van der Waals surface area contributed by atoms with Crippen molar-refractivity contribution >= 4 is 5.97 Å². The Bertz CT molecular complexity index is 220. The fraction of sp³-hybridized carbons (Fsp3) is 0.545. The number of carboxylic acids is 1. The first-order valence-electron chi connectivity index (χ1n) is 4.62. The van der Waals surface area contributed by atoms with Crippen molar-refractivity contribution in [3.8, 4) is 0 Å². The SMILES string of the molecule is CC/C(=C/C(=O)O)CCC=C(C)C. The third-order valence-corrected chi connectivity index (χ3v) is 1.80. The van der Waals surface area contributed by atoms with Crippen molar-refractivity contribution in [2.24, 2.45) is 0 Å². The van der Waals surface area contributed by atoms with Crippen molar-refractivity contribution in [1.82, 2.24) is 0 Å². The summed E-state index contributed by atoms with van der Waals surface area (Å²) >= 11 is 0. The smallest absolute Gasteiger partial charge is 0.328 e. The zero-order chi connectivity index (χ0) is 10.3. The van der Waals surface area contributed by atoms with Crippen LogP contribution in [0.2, 0.25) is 0 Å². The zero-order valence-corrected chi connectivity index (χ0v) is 8.63. The van der Waals surface area contributed by atoms with E-state index in [1.165, 1.54) is 11.6 Å². The Morgan fingerprint density at radius 2 is 2.00 bits per heavy atom. The van der Waals surface area contributed by atoms with Crippen molar-refractivity contribution in [1.29, 1.82) is 0 Å². The van der Waals surface area contributed by atoms with E-state index >= 15 is 0 Å². The summed E-state index contributed by atoms with van der Waals surface area (Å²) in [6.07, 6.45) is 6.07. The lowest BCUT2D eigenvalue weighted by atomic mass is 10.1. The van der Waals surface area contributed by atoms with E-state index in [4.69, 9.17) is 5.11 Å². The molecule has 0 radical (unpaired) electrons. The highest BCUT2D eigenvalue weighted by atomic mass is 16.4. The summed E-state index contributed by atoms with van der Waals surface area (Å²) in [5.74, 6) is -0.839. The summed E-state index contributed by atoms with van der Waals surface area (Å²) in [4.78, 5) is 10.4. The number of hydrogen-bond donors (Lipinski definition) is 1. The van der Waals surface area contributed by atoms with Gasteiger partial charge < -0.3 is 5.11 Å². The Kier molecular flexibility index (Phi) is 5.94. The summed E-state index contributed by atoms with van der Waals surface area (Å²) < 4.78 is 0. The van der Waals surface area contributed by atoms with Gasteiger partial charge in [0.1, 0.15) is 0 Å². The lowest BCUT2D eigenvalue weighted by Gasteiger charge is -2.00. The minimum absolute atomic E-state index is 0.822. The molecule has 0 aromatic rings. The van der Waals surface area contributed by atoms with Gasteiger partial charge in [0.05, 0.1) is 0 Å². The topological polar surface area (TPSA) is 37.3 Å². The van der Waals surface area contributed by atoms with Gasteiger partial charge in [-0.25, -0.2) is 4.79 Å². The van der Waals surface area contributed by atoms with Gasteiger partial charge in [-0.1, -0.05) is 24.1 Å². The van der Waals surface area contributed by atoms with Crippen LogP contribution in [0, 0.1) is 0 Å². The molecule has 0 heterocycles. The molecule has 0 fully saturated rings. The van der Waals surface area contributed by atoms with E-state index in [0.29, 0.717) is 0 Å². The Morgan fingerprint density at radius 1 is 1.38 bits per heavy atom. The Hall–Kier alpha value is -1.05. The molecule has 0 saturated heterocycles. The second-order valence-electron chi connectivity index (χ2n) is 3.31. The van der Waals surface area contributed by atoms with Gasteiger partial charge in [-0.2, -0.15) is 0 Å². The molecular formula is C11H18O2. The quantitative estimate of drug-likeness (QED) is 0.524. The molecule has 0 bridgehead atoms. The standard InChI is InChI=1S/C11H18O2/c1-4-10(8-11(12)13)7-5-6-9(2)3/h6,8H,4-5,7H2,1-3H3,(H,12,13)/b10-8-. The van der Waals surface area contributed by atoms with Crippen LogP contribution in [-0.4, -0.2) is 11.1 Å². The highest BCUT2D eigenvalue weighted by Crippen LogP contribution is 2.10. The van der Waals surface area contributed by atoms with Gasteiger partial charge in [0.25, 0.3) is 0 Å². The summed E-state index contributed by atoms with van der Waals surface area (Å²) in [5.41, 5.74) is 2.29. The third-order valence-electron chi connectivity index (χ3n) is 1.80. The van der Waals surface area contributed by atoms with E-state index in [-0.39, 0.29) is 0 Å². The molecule has 2 heteroatoms. The van der Waals surface area contributed by atoms with Crippen LogP contribution < -0.4 is 0 Å². The monoisotopic (exact) mass is 182 g/mol. The van der Waals surface area contributed by atoms with Crippen molar-refractivity contribution in [3.05, 3.63) is 23.3 Å². The first-order valence-corrected chi connectivity index (χ1v) is 4.62. The van der Waals surface area contributed by atoms with E-state index in [9.17, 15) is 4.79 Å². The van der Waals surface area contributed by atoms with Gasteiger partial charge in [-0.05, 0) is 33.1 Å². The van der Waals surface area contributed by atoms with E-state index in [2.05, 4.69) is 6.08 Å². The molecule has 0 amide bonds. The maximum absolute atomic E-state index is 10.4. The number of rotatable bonds is 5. The first kappa shape index (κ1) is 11.9. The van der Waals surface area contributed by atoms with Crippen molar-refractivity contribution in [2.45, 2.75) is 40.0 Å². The van der Waals surface area contributed by atoms with Crippen LogP contribution in [-0.2, 0) is 4.79 Å². The molecule has 0 unspecified atom stereocenters. The summed E-state index contributed by atoms with van der Waals surface area (Å²) in [6, 6.07) is 0. The molecule has 0 saturated carbocycles. The summed E-state index contributed by atoms with van der Waals surface area (Å²) in [7, 11) is 0. The van der Waals surface area contributed by atoms with Gasteiger partial charge in [0.2, 0.25) is 0 Å². The number of carboxylic acid groups (broad SMARTS) is 1. The minimum atomic E-state index is -0.839. The van der Waals surface area contributed by atoms with Crippen molar-refractivity contribution < 1.29 is 9.90 Å². The first-order chi connectivity index (χ1) is 6.06. The molecule has 13 heavy (non-hydrogen) atoms. The Morgan fingerprint density at radius 3 is 2.38 bits per heavy atom. The third kappa shape index (κ3) is 7.32.